The third kappa shape index (κ3) is 5.67. The van der Waals surface area contributed by atoms with Gasteiger partial charge in [-0.25, -0.2) is 21.6 Å². The van der Waals surface area contributed by atoms with E-state index >= 15 is 0 Å². The quantitative estimate of drug-likeness (QED) is 0.748. The van der Waals surface area contributed by atoms with Crippen molar-refractivity contribution in [3.63, 3.8) is 0 Å². The van der Waals surface area contributed by atoms with Gasteiger partial charge in [0.2, 0.25) is 0 Å². The molecule has 0 aliphatic rings. The fourth-order valence-electron chi connectivity index (χ4n) is 2.05. The number of hydrogen-bond acceptors (Lipinski definition) is 3. The highest BCUT2D eigenvalue weighted by atomic mass is 32.2. The van der Waals surface area contributed by atoms with E-state index in [0.717, 1.165) is 18.7 Å². The summed E-state index contributed by atoms with van der Waals surface area (Å²) in [5, 5.41) is 3.04. The normalized spacial score (nSPS) is 13.4. The molecule has 0 saturated carbocycles. The van der Waals surface area contributed by atoms with Crippen LogP contribution in [0.4, 0.5) is 13.2 Å². The molecular weight excluding hydrogens is 303 g/mol. The lowest BCUT2D eigenvalue weighted by atomic mass is 10.0. The van der Waals surface area contributed by atoms with E-state index in [1.54, 1.807) is 0 Å². The Bertz CT molecular complexity index is 576. The molecule has 1 aromatic carbocycles. The molecule has 0 radical (unpaired) electrons. The first kappa shape index (κ1) is 18.0. The molecule has 1 N–H and O–H groups in total. The lowest BCUT2D eigenvalue weighted by Crippen LogP contribution is -2.24. The number of benzene rings is 1. The minimum absolute atomic E-state index is 0.0239. The van der Waals surface area contributed by atoms with E-state index < -0.39 is 33.3 Å². The molecule has 0 saturated heterocycles. The van der Waals surface area contributed by atoms with E-state index in [2.05, 4.69) is 5.32 Å². The topological polar surface area (TPSA) is 46.2 Å². The van der Waals surface area contributed by atoms with Crippen molar-refractivity contribution >= 4 is 9.84 Å². The molecule has 1 aromatic rings. The van der Waals surface area contributed by atoms with Gasteiger partial charge in [0.15, 0.2) is 17.5 Å². The van der Waals surface area contributed by atoms with E-state index in [4.69, 9.17) is 0 Å². The van der Waals surface area contributed by atoms with E-state index in [1.165, 1.54) is 6.07 Å². The largest absolute Gasteiger partial charge is 0.310 e. The zero-order valence-electron chi connectivity index (χ0n) is 12.1. The average molecular weight is 323 g/mol. The monoisotopic (exact) mass is 323 g/mol. The Morgan fingerprint density at radius 2 is 1.86 bits per heavy atom. The summed E-state index contributed by atoms with van der Waals surface area (Å²) in [6.07, 6.45) is 2.56. The molecule has 3 nitrogen and oxygen atoms in total. The zero-order chi connectivity index (χ0) is 16.0. The number of sulfone groups is 1. The maximum Gasteiger partial charge on any atom is 0.194 e. The van der Waals surface area contributed by atoms with Crippen molar-refractivity contribution in [2.75, 3.05) is 18.6 Å². The molecule has 1 atom stereocenters. The van der Waals surface area contributed by atoms with Gasteiger partial charge in [-0.2, -0.15) is 0 Å². The molecule has 1 unspecified atom stereocenters. The van der Waals surface area contributed by atoms with Crippen LogP contribution in [0.5, 0.6) is 0 Å². The third-order valence-corrected chi connectivity index (χ3v) is 4.12. The molecule has 0 amide bonds. The van der Waals surface area contributed by atoms with Gasteiger partial charge in [-0.05, 0) is 31.9 Å². The van der Waals surface area contributed by atoms with Crippen LogP contribution in [0.2, 0.25) is 0 Å². The zero-order valence-corrected chi connectivity index (χ0v) is 12.9. The molecular formula is C14H20F3NO2S. The first-order chi connectivity index (χ1) is 9.76. The molecule has 21 heavy (non-hydrogen) atoms. The second-order valence-corrected chi connectivity index (χ2v) is 7.30. The number of hydrogen-bond donors (Lipinski definition) is 1. The van der Waals surface area contributed by atoms with E-state index in [1.807, 2.05) is 6.92 Å². The minimum Gasteiger partial charge on any atom is -0.310 e. The molecule has 0 fully saturated rings. The highest BCUT2D eigenvalue weighted by Gasteiger charge is 2.20. The highest BCUT2D eigenvalue weighted by Crippen LogP contribution is 2.25. The smallest absolute Gasteiger partial charge is 0.194 e. The van der Waals surface area contributed by atoms with Crippen LogP contribution < -0.4 is 5.32 Å². The summed E-state index contributed by atoms with van der Waals surface area (Å²) in [5.41, 5.74) is 0.0239. The molecule has 0 aliphatic carbocycles. The highest BCUT2D eigenvalue weighted by molar-refractivity contribution is 7.90. The Morgan fingerprint density at radius 1 is 1.19 bits per heavy atom. The second kappa shape index (κ2) is 7.79. The van der Waals surface area contributed by atoms with Crippen LogP contribution in [0.3, 0.4) is 0 Å². The van der Waals surface area contributed by atoms with Crippen molar-refractivity contribution in [2.45, 2.75) is 32.2 Å². The summed E-state index contributed by atoms with van der Waals surface area (Å²) in [4.78, 5) is 0. The van der Waals surface area contributed by atoms with E-state index in [9.17, 15) is 21.6 Å². The van der Waals surface area contributed by atoms with Gasteiger partial charge >= 0.3 is 0 Å². The standard InChI is InChI=1S/C14H20F3NO2S/c1-3-8-18-12(5-4-9-21(2,19)20)10-6-7-11(15)14(17)13(10)16/h6-7,12,18H,3-5,8-9H2,1-2H3. The van der Waals surface area contributed by atoms with Gasteiger partial charge in [0, 0.05) is 23.6 Å². The minimum atomic E-state index is -3.10. The molecule has 120 valence electrons. The van der Waals surface area contributed by atoms with Gasteiger partial charge in [-0.3, -0.25) is 0 Å². The Kier molecular flexibility index (Phi) is 6.67. The van der Waals surface area contributed by atoms with E-state index in [-0.39, 0.29) is 11.3 Å². The Hall–Kier alpha value is -1.08. The first-order valence-electron chi connectivity index (χ1n) is 6.80. The summed E-state index contributed by atoms with van der Waals surface area (Å²) in [7, 11) is -3.10. The lowest BCUT2D eigenvalue weighted by molar-refractivity contribution is 0.415. The molecule has 0 aromatic heterocycles. The molecule has 0 heterocycles. The molecule has 0 bridgehead atoms. The summed E-state index contributed by atoms with van der Waals surface area (Å²) >= 11 is 0. The van der Waals surface area contributed by atoms with Crippen LogP contribution in [0.25, 0.3) is 0 Å². The summed E-state index contributed by atoms with van der Waals surface area (Å²) in [6, 6.07) is 1.54. The molecule has 7 heteroatoms. The van der Waals surface area contributed by atoms with Crippen LogP contribution in [-0.2, 0) is 9.84 Å². The van der Waals surface area contributed by atoms with Gasteiger partial charge in [-0.1, -0.05) is 13.0 Å². The predicted octanol–water partition coefficient (Wildman–Crippen LogP) is 2.97. The Balaban J connectivity index is 2.89. The SMILES string of the molecule is CCCNC(CCCS(C)(=O)=O)c1ccc(F)c(F)c1F. The van der Waals surface area contributed by atoms with Gasteiger partial charge in [0.1, 0.15) is 9.84 Å². The first-order valence-corrected chi connectivity index (χ1v) is 8.86. The van der Waals surface area contributed by atoms with Crippen molar-refractivity contribution < 1.29 is 21.6 Å². The van der Waals surface area contributed by atoms with Crippen LogP contribution in [0.15, 0.2) is 12.1 Å². The fourth-order valence-corrected chi connectivity index (χ4v) is 2.74. The maximum absolute atomic E-state index is 13.8. The Morgan fingerprint density at radius 3 is 2.43 bits per heavy atom. The number of nitrogens with one attached hydrogen (secondary N) is 1. The third-order valence-electron chi connectivity index (χ3n) is 3.09. The van der Waals surface area contributed by atoms with Crippen molar-refractivity contribution in [2.24, 2.45) is 0 Å². The molecule has 1 rings (SSSR count). The van der Waals surface area contributed by atoms with Crippen LogP contribution in [0.1, 0.15) is 37.8 Å². The Labute approximate surface area is 123 Å². The second-order valence-electron chi connectivity index (χ2n) is 5.04. The molecule has 0 aliphatic heterocycles. The fraction of sp³-hybridized carbons (Fsp3) is 0.571. The van der Waals surface area contributed by atoms with Crippen molar-refractivity contribution in [1.82, 2.24) is 5.32 Å². The van der Waals surface area contributed by atoms with Gasteiger partial charge in [0.25, 0.3) is 0 Å². The number of rotatable bonds is 8. The van der Waals surface area contributed by atoms with Crippen LogP contribution in [0, 0.1) is 17.5 Å². The summed E-state index contributed by atoms with van der Waals surface area (Å²) in [6.45, 7) is 2.49. The van der Waals surface area contributed by atoms with Gasteiger partial charge in [-0.15, -0.1) is 0 Å². The van der Waals surface area contributed by atoms with Crippen LogP contribution in [-0.4, -0.2) is 27.0 Å². The molecule has 0 spiro atoms. The predicted molar refractivity (Wildman–Crippen MR) is 76.3 cm³/mol. The van der Waals surface area contributed by atoms with Crippen molar-refractivity contribution in [3.8, 4) is 0 Å². The van der Waals surface area contributed by atoms with Crippen molar-refractivity contribution in [3.05, 3.63) is 35.1 Å². The lowest BCUT2D eigenvalue weighted by Gasteiger charge is -2.19. The average Bonchev–Trinajstić information content (AvgIpc) is 2.39. The van der Waals surface area contributed by atoms with Gasteiger partial charge in [0.05, 0.1) is 0 Å². The van der Waals surface area contributed by atoms with Crippen LogP contribution >= 0.6 is 0 Å². The van der Waals surface area contributed by atoms with E-state index in [0.29, 0.717) is 19.4 Å². The van der Waals surface area contributed by atoms with Gasteiger partial charge < -0.3 is 5.32 Å². The summed E-state index contributed by atoms with van der Waals surface area (Å²) in [5.74, 6) is -3.98. The number of halogens is 3. The summed E-state index contributed by atoms with van der Waals surface area (Å²) < 4.78 is 62.4. The maximum atomic E-state index is 13.8. The van der Waals surface area contributed by atoms with Crippen molar-refractivity contribution in [1.29, 1.82) is 0 Å².